The van der Waals surface area contributed by atoms with Crippen LogP contribution in [0.1, 0.15) is 23.1 Å². The quantitative estimate of drug-likeness (QED) is 0.685. The van der Waals surface area contributed by atoms with Gasteiger partial charge in [-0.05, 0) is 54.3 Å². The Kier molecular flexibility index (Phi) is 3.37. The summed E-state index contributed by atoms with van der Waals surface area (Å²) in [6.07, 6.45) is 1.62. The fraction of sp³-hybridized carbons (Fsp3) is 0.188. The van der Waals surface area contributed by atoms with E-state index in [1.807, 2.05) is 18.2 Å². The first-order chi connectivity index (χ1) is 9.76. The maximum Gasteiger partial charge on any atom is 0.123 e. The Morgan fingerprint density at radius 2 is 1.90 bits per heavy atom. The molecule has 1 aliphatic rings. The minimum atomic E-state index is -0.248. The Labute approximate surface area is 116 Å². The lowest BCUT2D eigenvalue weighted by Gasteiger charge is -2.08. The molecular weight excluding hydrogens is 257 g/mol. The van der Waals surface area contributed by atoms with Crippen LogP contribution in [-0.4, -0.2) is 10.9 Å². The van der Waals surface area contributed by atoms with E-state index in [1.54, 1.807) is 12.1 Å². The number of fused-ring (bicyclic) bond motifs is 1. The van der Waals surface area contributed by atoms with Gasteiger partial charge in [-0.1, -0.05) is 17.3 Å². The average Bonchev–Trinajstić information content (AvgIpc) is 2.89. The van der Waals surface area contributed by atoms with E-state index >= 15 is 0 Å². The second-order valence-electron chi connectivity index (χ2n) is 4.78. The van der Waals surface area contributed by atoms with Crippen LogP contribution in [0, 0.1) is 5.82 Å². The molecule has 2 aromatic carbocycles. The molecule has 4 heteroatoms. The predicted molar refractivity (Wildman–Crippen MR) is 73.8 cm³/mol. The van der Waals surface area contributed by atoms with Gasteiger partial charge in [0.15, 0.2) is 0 Å². The van der Waals surface area contributed by atoms with Crippen LogP contribution in [0.5, 0.6) is 5.75 Å². The molecule has 0 amide bonds. The maximum absolute atomic E-state index is 12.8. The van der Waals surface area contributed by atoms with Gasteiger partial charge in [0.2, 0.25) is 0 Å². The third kappa shape index (κ3) is 2.50. The number of aryl methyl sites for hydroxylation is 1. The van der Waals surface area contributed by atoms with Crippen LogP contribution in [-0.2, 0) is 13.0 Å². The molecule has 2 aromatic rings. The van der Waals surface area contributed by atoms with Crippen LogP contribution in [0.2, 0.25) is 0 Å². The summed E-state index contributed by atoms with van der Waals surface area (Å²) in [6.45, 7) is 0.403. The Morgan fingerprint density at radius 1 is 1.10 bits per heavy atom. The average molecular weight is 271 g/mol. The lowest BCUT2D eigenvalue weighted by molar-refractivity contribution is 0.306. The molecule has 20 heavy (non-hydrogen) atoms. The summed E-state index contributed by atoms with van der Waals surface area (Å²) in [6, 6.07) is 12.0. The lowest BCUT2D eigenvalue weighted by Crippen LogP contribution is -1.97. The number of hydrogen-bond donors (Lipinski definition) is 1. The van der Waals surface area contributed by atoms with Crippen molar-refractivity contribution in [1.29, 1.82) is 0 Å². The standard InChI is InChI=1S/C16H14FNO2/c17-13-4-1-11(2-5-13)10-20-14-6-7-15-12(9-14)3-8-16(15)18-19/h1-2,4-7,9,19H,3,8,10H2/b18-16-. The highest BCUT2D eigenvalue weighted by Gasteiger charge is 2.18. The summed E-state index contributed by atoms with van der Waals surface area (Å²) in [7, 11) is 0. The van der Waals surface area contributed by atoms with E-state index in [1.165, 1.54) is 12.1 Å². The second kappa shape index (κ2) is 5.33. The summed E-state index contributed by atoms with van der Waals surface area (Å²) in [5.41, 5.74) is 3.77. The summed E-state index contributed by atoms with van der Waals surface area (Å²) in [5.74, 6) is 0.523. The van der Waals surface area contributed by atoms with Crippen molar-refractivity contribution in [3.8, 4) is 5.75 Å². The minimum Gasteiger partial charge on any atom is -0.489 e. The molecule has 0 unspecified atom stereocenters. The van der Waals surface area contributed by atoms with E-state index in [2.05, 4.69) is 5.16 Å². The SMILES string of the molecule is O/N=C1/CCc2cc(OCc3ccc(F)cc3)ccc21. The number of nitrogens with zero attached hydrogens (tertiary/aromatic N) is 1. The highest BCUT2D eigenvalue weighted by atomic mass is 19.1. The topological polar surface area (TPSA) is 41.8 Å². The van der Waals surface area contributed by atoms with Crippen LogP contribution in [0.15, 0.2) is 47.6 Å². The van der Waals surface area contributed by atoms with Crippen LogP contribution < -0.4 is 4.74 Å². The van der Waals surface area contributed by atoms with Gasteiger partial charge in [0.25, 0.3) is 0 Å². The van der Waals surface area contributed by atoms with E-state index in [4.69, 9.17) is 9.94 Å². The van der Waals surface area contributed by atoms with Crippen molar-refractivity contribution in [2.24, 2.45) is 5.16 Å². The third-order valence-corrected chi connectivity index (χ3v) is 3.46. The van der Waals surface area contributed by atoms with Gasteiger partial charge in [0.05, 0.1) is 5.71 Å². The van der Waals surface area contributed by atoms with Crippen molar-refractivity contribution in [3.63, 3.8) is 0 Å². The molecule has 0 radical (unpaired) electrons. The molecule has 0 saturated carbocycles. The van der Waals surface area contributed by atoms with Crippen molar-refractivity contribution >= 4 is 5.71 Å². The van der Waals surface area contributed by atoms with Gasteiger partial charge < -0.3 is 9.94 Å². The molecule has 102 valence electrons. The molecule has 0 fully saturated rings. The molecule has 0 saturated heterocycles. The highest BCUT2D eigenvalue weighted by Crippen LogP contribution is 2.27. The molecule has 0 heterocycles. The number of ether oxygens (including phenoxy) is 1. The van der Waals surface area contributed by atoms with E-state index < -0.39 is 0 Å². The molecule has 0 aromatic heterocycles. The molecule has 0 bridgehead atoms. The Morgan fingerprint density at radius 3 is 2.65 bits per heavy atom. The minimum absolute atomic E-state index is 0.248. The second-order valence-corrected chi connectivity index (χ2v) is 4.78. The Hall–Kier alpha value is -2.36. The predicted octanol–water partition coefficient (Wildman–Crippen LogP) is 3.53. The molecule has 0 aliphatic heterocycles. The van der Waals surface area contributed by atoms with Crippen molar-refractivity contribution in [3.05, 3.63) is 65.0 Å². The molecule has 3 rings (SSSR count). The Balaban J connectivity index is 1.71. The first-order valence-electron chi connectivity index (χ1n) is 6.48. The molecule has 1 N–H and O–H groups in total. The van der Waals surface area contributed by atoms with E-state index in [0.717, 1.165) is 41.0 Å². The monoisotopic (exact) mass is 271 g/mol. The van der Waals surface area contributed by atoms with E-state index in [9.17, 15) is 4.39 Å². The number of halogens is 1. The van der Waals surface area contributed by atoms with Crippen molar-refractivity contribution < 1.29 is 14.3 Å². The number of rotatable bonds is 3. The van der Waals surface area contributed by atoms with Crippen LogP contribution in [0.3, 0.4) is 0 Å². The zero-order valence-corrected chi connectivity index (χ0v) is 10.8. The van der Waals surface area contributed by atoms with E-state index in [0.29, 0.717) is 6.61 Å². The van der Waals surface area contributed by atoms with Crippen molar-refractivity contribution in [2.45, 2.75) is 19.4 Å². The first-order valence-corrected chi connectivity index (χ1v) is 6.48. The summed E-state index contributed by atoms with van der Waals surface area (Å²) in [5, 5.41) is 12.2. The summed E-state index contributed by atoms with van der Waals surface area (Å²) in [4.78, 5) is 0. The zero-order chi connectivity index (χ0) is 13.9. The van der Waals surface area contributed by atoms with Gasteiger partial charge in [-0.2, -0.15) is 0 Å². The largest absolute Gasteiger partial charge is 0.489 e. The molecular formula is C16H14FNO2. The lowest BCUT2D eigenvalue weighted by atomic mass is 10.1. The number of hydrogen-bond acceptors (Lipinski definition) is 3. The number of benzene rings is 2. The van der Waals surface area contributed by atoms with Gasteiger partial charge in [0, 0.05) is 5.56 Å². The van der Waals surface area contributed by atoms with Crippen LogP contribution in [0.25, 0.3) is 0 Å². The van der Waals surface area contributed by atoms with Gasteiger partial charge in [0.1, 0.15) is 18.2 Å². The van der Waals surface area contributed by atoms with Crippen molar-refractivity contribution in [2.75, 3.05) is 0 Å². The molecule has 1 aliphatic carbocycles. The fourth-order valence-corrected chi connectivity index (χ4v) is 2.39. The van der Waals surface area contributed by atoms with Gasteiger partial charge in [-0.3, -0.25) is 0 Å². The molecule has 0 atom stereocenters. The highest BCUT2D eigenvalue weighted by molar-refractivity contribution is 6.04. The van der Waals surface area contributed by atoms with Gasteiger partial charge >= 0.3 is 0 Å². The fourth-order valence-electron chi connectivity index (χ4n) is 2.39. The normalized spacial score (nSPS) is 15.3. The summed E-state index contributed by atoms with van der Waals surface area (Å²) >= 11 is 0. The summed E-state index contributed by atoms with van der Waals surface area (Å²) < 4.78 is 18.5. The smallest absolute Gasteiger partial charge is 0.123 e. The molecule has 3 nitrogen and oxygen atoms in total. The Bertz CT molecular complexity index is 650. The van der Waals surface area contributed by atoms with Gasteiger partial charge in [-0.25, -0.2) is 4.39 Å². The van der Waals surface area contributed by atoms with Gasteiger partial charge in [-0.15, -0.1) is 0 Å². The number of oxime groups is 1. The van der Waals surface area contributed by atoms with Crippen LogP contribution >= 0.6 is 0 Å². The first kappa shape index (κ1) is 12.7. The van der Waals surface area contributed by atoms with Crippen molar-refractivity contribution in [1.82, 2.24) is 0 Å². The van der Waals surface area contributed by atoms with Crippen LogP contribution in [0.4, 0.5) is 4.39 Å². The third-order valence-electron chi connectivity index (χ3n) is 3.46. The van der Waals surface area contributed by atoms with E-state index in [-0.39, 0.29) is 5.82 Å². The zero-order valence-electron chi connectivity index (χ0n) is 10.8. The molecule has 0 spiro atoms. The maximum atomic E-state index is 12.8.